The molecule has 134 valence electrons. The number of nitrogens with zero attached hydrogens (tertiary/aromatic N) is 1. The fourth-order valence-electron chi connectivity index (χ4n) is 4.13. The number of nitrogens with one attached hydrogen (secondary N) is 2. The van der Waals surface area contributed by atoms with Crippen LogP contribution < -0.4 is 10.5 Å². The Morgan fingerprint density at radius 3 is 2.84 bits per heavy atom. The normalized spacial score (nSPS) is 23.4. The minimum absolute atomic E-state index is 0.0169. The molecule has 0 aromatic carbocycles. The number of carbonyl (C=O) groups is 1. The van der Waals surface area contributed by atoms with Crippen molar-refractivity contribution in [1.82, 2.24) is 9.97 Å². The number of hydrogen-bond acceptors (Lipinski definition) is 5. The first-order valence-electron chi connectivity index (χ1n) is 9.10. The molecule has 6 nitrogen and oxygen atoms in total. The minimum Gasteiger partial charge on any atom is -0.469 e. The molecule has 7 heteroatoms. The third-order valence-electron chi connectivity index (χ3n) is 5.52. The molecular formula is C18H24N3O3S+. The highest BCUT2D eigenvalue weighted by atomic mass is 32.1. The highest BCUT2D eigenvalue weighted by Crippen LogP contribution is 2.33. The molecule has 1 saturated heterocycles. The van der Waals surface area contributed by atoms with Gasteiger partial charge in [0, 0.05) is 17.7 Å². The Kier molecular flexibility index (Phi) is 4.60. The molecule has 0 bridgehead atoms. The fraction of sp³-hybridized carbons (Fsp3) is 0.611. The summed E-state index contributed by atoms with van der Waals surface area (Å²) in [6, 6.07) is 0. The second kappa shape index (κ2) is 6.88. The van der Waals surface area contributed by atoms with E-state index in [9.17, 15) is 9.59 Å². The number of aromatic amines is 1. The van der Waals surface area contributed by atoms with Crippen LogP contribution in [0.1, 0.15) is 41.9 Å². The molecular weight excluding hydrogens is 338 g/mol. The van der Waals surface area contributed by atoms with Gasteiger partial charge in [-0.3, -0.25) is 9.59 Å². The standard InChI is InChI=1S/C18H23N3O3S/c1-24-18(23)11-6-8-21(9-7-11)10-14-19-16(22)15-12-4-2-3-5-13(12)25-17(15)20-14/h11H,2-10H2,1H3,(H,19,20,22)/p+1. The van der Waals surface area contributed by atoms with Gasteiger partial charge in [0.1, 0.15) is 11.4 Å². The lowest BCUT2D eigenvalue weighted by atomic mass is 9.97. The first-order chi connectivity index (χ1) is 12.2. The summed E-state index contributed by atoms with van der Waals surface area (Å²) in [4.78, 5) is 35.6. The van der Waals surface area contributed by atoms with Crippen LogP contribution in [-0.4, -0.2) is 36.1 Å². The number of hydrogen-bond donors (Lipinski definition) is 2. The van der Waals surface area contributed by atoms with Crippen molar-refractivity contribution in [2.45, 2.75) is 45.1 Å². The van der Waals surface area contributed by atoms with Crippen LogP contribution in [0.25, 0.3) is 10.2 Å². The van der Waals surface area contributed by atoms with Gasteiger partial charge in [-0.15, -0.1) is 11.3 Å². The number of quaternary nitrogens is 1. The van der Waals surface area contributed by atoms with Crippen LogP contribution in [0.5, 0.6) is 0 Å². The van der Waals surface area contributed by atoms with E-state index in [1.165, 1.54) is 35.3 Å². The van der Waals surface area contributed by atoms with Crippen LogP contribution in [0.15, 0.2) is 4.79 Å². The molecule has 2 N–H and O–H groups in total. The zero-order valence-corrected chi connectivity index (χ0v) is 15.3. The first-order valence-corrected chi connectivity index (χ1v) is 9.92. The Labute approximate surface area is 150 Å². The maximum absolute atomic E-state index is 12.6. The zero-order valence-electron chi connectivity index (χ0n) is 14.5. The maximum Gasteiger partial charge on any atom is 0.309 e. The van der Waals surface area contributed by atoms with Crippen LogP contribution in [0, 0.1) is 5.92 Å². The van der Waals surface area contributed by atoms with Gasteiger partial charge in [-0.2, -0.15) is 0 Å². The molecule has 1 aliphatic heterocycles. The largest absolute Gasteiger partial charge is 0.469 e. The van der Waals surface area contributed by atoms with Gasteiger partial charge in [-0.1, -0.05) is 0 Å². The van der Waals surface area contributed by atoms with Crippen molar-refractivity contribution in [1.29, 1.82) is 0 Å². The number of fused-ring (bicyclic) bond motifs is 3. The second-order valence-corrected chi connectivity index (χ2v) is 8.21. The van der Waals surface area contributed by atoms with Gasteiger partial charge in [-0.25, -0.2) is 4.98 Å². The molecule has 0 radical (unpaired) electrons. The van der Waals surface area contributed by atoms with Gasteiger partial charge in [0.2, 0.25) is 0 Å². The number of aromatic nitrogens is 2. The number of piperidine rings is 1. The fourth-order valence-corrected chi connectivity index (χ4v) is 5.42. The van der Waals surface area contributed by atoms with E-state index in [2.05, 4.69) is 4.98 Å². The van der Waals surface area contributed by atoms with Crippen LogP contribution in [0.2, 0.25) is 0 Å². The van der Waals surface area contributed by atoms with Crippen LogP contribution in [0.4, 0.5) is 0 Å². The third kappa shape index (κ3) is 3.22. The molecule has 4 rings (SSSR count). The monoisotopic (exact) mass is 362 g/mol. The Bertz CT molecular complexity index is 849. The predicted molar refractivity (Wildman–Crippen MR) is 96.0 cm³/mol. The smallest absolute Gasteiger partial charge is 0.309 e. The summed E-state index contributed by atoms with van der Waals surface area (Å²) in [6.07, 6.45) is 6.13. The average molecular weight is 362 g/mol. The van der Waals surface area contributed by atoms with E-state index in [1.54, 1.807) is 11.3 Å². The van der Waals surface area contributed by atoms with Gasteiger partial charge >= 0.3 is 5.97 Å². The number of aryl methyl sites for hydroxylation is 2. The highest BCUT2D eigenvalue weighted by Gasteiger charge is 2.28. The molecule has 0 amide bonds. The first kappa shape index (κ1) is 16.7. The minimum atomic E-state index is -0.101. The Balaban J connectivity index is 1.51. The Hall–Kier alpha value is -1.73. The van der Waals surface area contributed by atoms with Crippen molar-refractivity contribution in [3.63, 3.8) is 0 Å². The lowest BCUT2D eigenvalue weighted by Crippen LogP contribution is -3.12. The maximum atomic E-state index is 12.6. The number of esters is 1. The van der Waals surface area contributed by atoms with Gasteiger partial charge in [0.25, 0.3) is 5.56 Å². The average Bonchev–Trinajstić information content (AvgIpc) is 3.00. The van der Waals surface area contributed by atoms with Crippen LogP contribution in [0.3, 0.4) is 0 Å². The van der Waals surface area contributed by atoms with Crippen molar-refractivity contribution in [3.8, 4) is 0 Å². The topological polar surface area (TPSA) is 76.5 Å². The molecule has 25 heavy (non-hydrogen) atoms. The molecule has 0 unspecified atom stereocenters. The third-order valence-corrected chi connectivity index (χ3v) is 6.70. The van der Waals surface area contributed by atoms with E-state index in [0.29, 0.717) is 6.54 Å². The van der Waals surface area contributed by atoms with Crippen molar-refractivity contribution < 1.29 is 14.4 Å². The van der Waals surface area contributed by atoms with Gasteiger partial charge < -0.3 is 14.6 Å². The predicted octanol–water partition coefficient (Wildman–Crippen LogP) is 0.831. The highest BCUT2D eigenvalue weighted by molar-refractivity contribution is 7.18. The zero-order chi connectivity index (χ0) is 17.4. The van der Waals surface area contributed by atoms with E-state index in [0.717, 1.165) is 54.8 Å². The number of rotatable bonds is 3. The summed E-state index contributed by atoms with van der Waals surface area (Å²) in [5.41, 5.74) is 1.25. The summed E-state index contributed by atoms with van der Waals surface area (Å²) < 4.78 is 4.84. The lowest BCUT2D eigenvalue weighted by Gasteiger charge is -2.27. The summed E-state index contributed by atoms with van der Waals surface area (Å²) in [5, 5.41) is 0.822. The molecule has 0 saturated carbocycles. The van der Waals surface area contributed by atoms with E-state index in [-0.39, 0.29) is 17.4 Å². The SMILES string of the molecule is COC(=O)C1CC[NH+](Cc2nc3sc4c(c3c(=O)[nH]2)CCCC4)CC1. The van der Waals surface area contributed by atoms with E-state index >= 15 is 0 Å². The molecule has 1 aliphatic carbocycles. The van der Waals surface area contributed by atoms with Gasteiger partial charge in [-0.05, 0) is 31.2 Å². The summed E-state index contributed by atoms with van der Waals surface area (Å²) >= 11 is 1.70. The number of methoxy groups -OCH3 is 1. The number of carbonyl (C=O) groups excluding carboxylic acids is 1. The van der Waals surface area contributed by atoms with Gasteiger partial charge in [0.15, 0.2) is 5.82 Å². The molecule has 2 aromatic rings. The van der Waals surface area contributed by atoms with Gasteiger partial charge in [0.05, 0.1) is 31.5 Å². The number of likely N-dealkylation sites (tertiary alicyclic amines) is 1. The van der Waals surface area contributed by atoms with Crippen LogP contribution in [-0.2, 0) is 28.9 Å². The van der Waals surface area contributed by atoms with E-state index in [4.69, 9.17) is 9.72 Å². The van der Waals surface area contributed by atoms with Crippen LogP contribution >= 0.6 is 11.3 Å². The second-order valence-electron chi connectivity index (χ2n) is 7.13. The number of ether oxygens (including phenoxy) is 1. The Morgan fingerprint density at radius 1 is 1.32 bits per heavy atom. The van der Waals surface area contributed by atoms with Crippen molar-refractivity contribution in [2.24, 2.45) is 5.92 Å². The lowest BCUT2D eigenvalue weighted by molar-refractivity contribution is -0.920. The molecule has 2 aromatic heterocycles. The number of H-pyrrole nitrogens is 1. The molecule has 0 spiro atoms. The molecule has 1 fully saturated rings. The molecule has 0 atom stereocenters. The summed E-state index contributed by atoms with van der Waals surface area (Å²) in [5.74, 6) is 0.686. The van der Waals surface area contributed by atoms with E-state index < -0.39 is 0 Å². The summed E-state index contributed by atoms with van der Waals surface area (Å²) in [7, 11) is 1.45. The van der Waals surface area contributed by atoms with Crippen molar-refractivity contribution in [2.75, 3.05) is 20.2 Å². The van der Waals surface area contributed by atoms with E-state index in [1.807, 2.05) is 0 Å². The van der Waals surface area contributed by atoms with Crippen molar-refractivity contribution in [3.05, 3.63) is 26.6 Å². The molecule has 2 aliphatic rings. The van der Waals surface area contributed by atoms with Crippen molar-refractivity contribution >= 4 is 27.5 Å². The quantitative estimate of drug-likeness (QED) is 0.793. The number of thiophene rings is 1. The Morgan fingerprint density at radius 2 is 2.08 bits per heavy atom. The summed E-state index contributed by atoms with van der Waals surface area (Å²) in [6.45, 7) is 2.52. The molecule has 3 heterocycles.